The third-order valence-corrected chi connectivity index (χ3v) is 3.19. The lowest BCUT2D eigenvalue weighted by atomic mass is 10.1. The van der Waals surface area contributed by atoms with E-state index >= 15 is 0 Å². The molecule has 0 bridgehead atoms. The van der Waals surface area contributed by atoms with Gasteiger partial charge in [-0.3, -0.25) is 0 Å². The van der Waals surface area contributed by atoms with E-state index in [1.807, 2.05) is 55.5 Å². The molecule has 2 rings (SSSR count). The van der Waals surface area contributed by atoms with Crippen molar-refractivity contribution in [3.8, 4) is 11.5 Å². The third kappa shape index (κ3) is 4.21. The molecule has 4 N–H and O–H groups in total. The number of hydrogen-bond acceptors (Lipinski definition) is 4. The maximum Gasteiger partial charge on any atom is 0.161 e. The Kier molecular flexibility index (Phi) is 5.60. The van der Waals surface area contributed by atoms with Crippen molar-refractivity contribution < 1.29 is 9.47 Å². The molecule has 0 unspecified atom stereocenters. The molecular formula is C17H22N2O2. The summed E-state index contributed by atoms with van der Waals surface area (Å²) in [5.41, 5.74) is 13.6. The minimum absolute atomic E-state index is 0.188. The Hall–Kier alpha value is -2.04. The van der Waals surface area contributed by atoms with E-state index in [1.54, 1.807) is 0 Å². The summed E-state index contributed by atoms with van der Waals surface area (Å²) in [5.74, 6) is 1.42. The third-order valence-electron chi connectivity index (χ3n) is 3.19. The van der Waals surface area contributed by atoms with Gasteiger partial charge in [0.25, 0.3) is 0 Å². The minimum atomic E-state index is -0.188. The molecule has 0 amide bonds. The first-order chi connectivity index (χ1) is 10.2. The maximum atomic E-state index is 5.95. The molecule has 0 heterocycles. The molecule has 0 radical (unpaired) electrons. The number of nitrogens with two attached hydrogens (primary N) is 2. The molecule has 0 aliphatic rings. The smallest absolute Gasteiger partial charge is 0.161 e. The van der Waals surface area contributed by atoms with Crippen molar-refractivity contribution in [2.75, 3.05) is 13.2 Å². The predicted molar refractivity (Wildman–Crippen MR) is 84.4 cm³/mol. The summed E-state index contributed by atoms with van der Waals surface area (Å²) in [4.78, 5) is 0. The van der Waals surface area contributed by atoms with Gasteiger partial charge in [0.2, 0.25) is 0 Å². The SMILES string of the molecule is CCOc1cc([C@@H](N)CN)ccc1OCc1ccccc1. The Morgan fingerprint density at radius 3 is 2.43 bits per heavy atom. The molecule has 0 aliphatic heterocycles. The first kappa shape index (κ1) is 15.4. The van der Waals surface area contributed by atoms with Gasteiger partial charge in [0.05, 0.1) is 6.61 Å². The monoisotopic (exact) mass is 286 g/mol. The van der Waals surface area contributed by atoms with Crippen LogP contribution in [-0.4, -0.2) is 13.2 Å². The van der Waals surface area contributed by atoms with Crippen molar-refractivity contribution in [1.82, 2.24) is 0 Å². The molecular weight excluding hydrogens is 264 g/mol. The lowest BCUT2D eigenvalue weighted by Crippen LogP contribution is -2.20. The molecule has 0 saturated carbocycles. The summed E-state index contributed by atoms with van der Waals surface area (Å²) in [7, 11) is 0. The van der Waals surface area contributed by atoms with Gasteiger partial charge in [0, 0.05) is 12.6 Å². The van der Waals surface area contributed by atoms with Crippen molar-refractivity contribution in [2.24, 2.45) is 11.5 Å². The average Bonchev–Trinajstić information content (AvgIpc) is 2.54. The van der Waals surface area contributed by atoms with Gasteiger partial charge in [-0.1, -0.05) is 36.4 Å². The van der Waals surface area contributed by atoms with Gasteiger partial charge in [0.15, 0.2) is 11.5 Å². The van der Waals surface area contributed by atoms with Crippen LogP contribution in [0.15, 0.2) is 48.5 Å². The molecule has 0 saturated heterocycles. The summed E-state index contributed by atoms with van der Waals surface area (Å²) in [5, 5.41) is 0. The fraction of sp³-hybridized carbons (Fsp3) is 0.294. The van der Waals surface area contributed by atoms with Gasteiger partial charge < -0.3 is 20.9 Å². The molecule has 0 aliphatic carbocycles. The topological polar surface area (TPSA) is 70.5 Å². The number of benzene rings is 2. The largest absolute Gasteiger partial charge is 0.490 e. The molecule has 2 aromatic carbocycles. The van der Waals surface area contributed by atoms with Crippen molar-refractivity contribution in [3.63, 3.8) is 0 Å². The molecule has 0 aromatic heterocycles. The van der Waals surface area contributed by atoms with Crippen molar-refractivity contribution in [2.45, 2.75) is 19.6 Å². The molecule has 4 nitrogen and oxygen atoms in total. The normalized spacial score (nSPS) is 12.0. The second-order valence-electron chi connectivity index (χ2n) is 4.76. The van der Waals surface area contributed by atoms with Gasteiger partial charge in [-0.05, 0) is 30.2 Å². The van der Waals surface area contributed by atoms with E-state index in [9.17, 15) is 0 Å². The van der Waals surface area contributed by atoms with Crippen molar-refractivity contribution in [1.29, 1.82) is 0 Å². The van der Waals surface area contributed by atoms with Crippen LogP contribution in [0.25, 0.3) is 0 Å². The summed E-state index contributed by atoms with van der Waals surface area (Å²) in [6, 6.07) is 15.6. The van der Waals surface area contributed by atoms with Crippen molar-refractivity contribution in [3.05, 3.63) is 59.7 Å². The fourth-order valence-electron chi connectivity index (χ4n) is 2.01. The second kappa shape index (κ2) is 7.67. The van der Waals surface area contributed by atoms with Crippen LogP contribution in [0.1, 0.15) is 24.1 Å². The van der Waals surface area contributed by atoms with E-state index < -0.39 is 0 Å². The standard InChI is InChI=1S/C17H22N2O2/c1-2-20-17-10-14(15(19)11-18)8-9-16(17)21-12-13-6-4-3-5-7-13/h3-10,15H,2,11-12,18-19H2,1H3/t15-/m0/s1. The molecule has 2 aromatic rings. The Bertz CT molecular complexity index is 558. The molecule has 1 atom stereocenters. The molecule has 0 fully saturated rings. The molecule has 4 heteroatoms. The lowest BCUT2D eigenvalue weighted by Gasteiger charge is -2.15. The summed E-state index contributed by atoms with van der Waals surface area (Å²) < 4.78 is 11.5. The average molecular weight is 286 g/mol. The van der Waals surface area contributed by atoms with Crippen LogP contribution >= 0.6 is 0 Å². The summed E-state index contributed by atoms with van der Waals surface area (Å²) in [6.45, 7) is 3.42. The fourth-order valence-corrected chi connectivity index (χ4v) is 2.01. The quantitative estimate of drug-likeness (QED) is 0.821. The van der Waals surface area contributed by atoms with Gasteiger partial charge in [-0.15, -0.1) is 0 Å². The van der Waals surface area contributed by atoms with Crippen molar-refractivity contribution >= 4 is 0 Å². The number of hydrogen-bond donors (Lipinski definition) is 2. The maximum absolute atomic E-state index is 5.95. The first-order valence-corrected chi connectivity index (χ1v) is 7.13. The molecule has 0 spiro atoms. The number of rotatable bonds is 7. The van der Waals surface area contributed by atoms with E-state index in [-0.39, 0.29) is 6.04 Å². The van der Waals surface area contributed by atoms with Gasteiger partial charge in [-0.2, -0.15) is 0 Å². The van der Waals surface area contributed by atoms with Crippen LogP contribution in [0.2, 0.25) is 0 Å². The van der Waals surface area contributed by atoms with Crippen LogP contribution in [0.5, 0.6) is 11.5 Å². The first-order valence-electron chi connectivity index (χ1n) is 7.13. The zero-order valence-electron chi connectivity index (χ0n) is 12.3. The zero-order valence-corrected chi connectivity index (χ0v) is 12.3. The van der Waals surface area contributed by atoms with Crippen LogP contribution in [-0.2, 0) is 6.61 Å². The van der Waals surface area contributed by atoms with Gasteiger partial charge in [0.1, 0.15) is 6.61 Å². The van der Waals surface area contributed by atoms with Gasteiger partial charge >= 0.3 is 0 Å². The zero-order chi connectivity index (χ0) is 15.1. The highest BCUT2D eigenvalue weighted by atomic mass is 16.5. The summed E-state index contributed by atoms with van der Waals surface area (Å²) >= 11 is 0. The Balaban J connectivity index is 2.14. The highest BCUT2D eigenvalue weighted by Crippen LogP contribution is 2.30. The van der Waals surface area contributed by atoms with Crippen LogP contribution in [0.4, 0.5) is 0 Å². The van der Waals surface area contributed by atoms with E-state index in [0.29, 0.717) is 31.3 Å². The summed E-state index contributed by atoms with van der Waals surface area (Å²) in [6.07, 6.45) is 0. The van der Waals surface area contributed by atoms with E-state index in [2.05, 4.69) is 0 Å². The second-order valence-corrected chi connectivity index (χ2v) is 4.76. The Morgan fingerprint density at radius 2 is 1.76 bits per heavy atom. The molecule has 112 valence electrons. The highest BCUT2D eigenvalue weighted by molar-refractivity contribution is 5.44. The Morgan fingerprint density at radius 1 is 1.00 bits per heavy atom. The van der Waals surface area contributed by atoms with E-state index in [0.717, 1.165) is 11.1 Å². The lowest BCUT2D eigenvalue weighted by molar-refractivity contribution is 0.269. The van der Waals surface area contributed by atoms with Gasteiger partial charge in [-0.25, -0.2) is 0 Å². The van der Waals surface area contributed by atoms with E-state index in [1.165, 1.54) is 0 Å². The van der Waals surface area contributed by atoms with Crippen LogP contribution < -0.4 is 20.9 Å². The minimum Gasteiger partial charge on any atom is -0.490 e. The van der Waals surface area contributed by atoms with Crippen LogP contribution in [0, 0.1) is 0 Å². The predicted octanol–water partition coefficient (Wildman–Crippen LogP) is 2.62. The van der Waals surface area contributed by atoms with Crippen LogP contribution in [0.3, 0.4) is 0 Å². The number of ether oxygens (including phenoxy) is 2. The highest BCUT2D eigenvalue weighted by Gasteiger charge is 2.10. The van der Waals surface area contributed by atoms with E-state index in [4.69, 9.17) is 20.9 Å². The molecule has 21 heavy (non-hydrogen) atoms. The Labute approximate surface area is 125 Å².